The number of nitrogens with zero attached hydrogens (tertiary/aromatic N) is 1. The average molecular weight is 321 g/mol. The van der Waals surface area contributed by atoms with E-state index in [1.165, 1.54) is 38.5 Å². The van der Waals surface area contributed by atoms with Crippen LogP contribution >= 0.6 is 0 Å². The number of nitrogens with one attached hydrogen (secondary N) is 2. The van der Waals surface area contributed by atoms with Gasteiger partial charge in [0.05, 0.1) is 0 Å². The lowest BCUT2D eigenvalue weighted by molar-refractivity contribution is -0.125. The molecule has 0 radical (unpaired) electrons. The van der Waals surface area contributed by atoms with Crippen LogP contribution in [0, 0.1) is 0 Å². The molecule has 1 atom stereocenters. The molecule has 3 amide bonds. The molecule has 3 aliphatic rings. The molecule has 5 heteroatoms. The third-order valence-electron chi connectivity index (χ3n) is 5.70. The van der Waals surface area contributed by atoms with Crippen LogP contribution in [0.3, 0.4) is 0 Å². The van der Waals surface area contributed by atoms with E-state index in [-0.39, 0.29) is 18.0 Å². The molecule has 130 valence electrons. The van der Waals surface area contributed by atoms with Crippen molar-refractivity contribution in [2.45, 2.75) is 95.2 Å². The van der Waals surface area contributed by atoms with Gasteiger partial charge in [0.1, 0.15) is 6.04 Å². The number of hydrogen-bond donors (Lipinski definition) is 2. The van der Waals surface area contributed by atoms with Crippen molar-refractivity contribution in [1.82, 2.24) is 15.5 Å². The predicted octanol–water partition coefficient (Wildman–Crippen LogP) is 2.94. The topological polar surface area (TPSA) is 61.4 Å². The molecule has 2 aliphatic carbocycles. The number of likely N-dealkylation sites (tertiary alicyclic amines) is 1. The first kappa shape index (κ1) is 16.6. The van der Waals surface area contributed by atoms with Gasteiger partial charge in [-0.2, -0.15) is 0 Å². The van der Waals surface area contributed by atoms with Crippen LogP contribution in [0.1, 0.15) is 77.0 Å². The first-order chi connectivity index (χ1) is 11.2. The van der Waals surface area contributed by atoms with Crippen molar-refractivity contribution < 1.29 is 9.59 Å². The summed E-state index contributed by atoms with van der Waals surface area (Å²) in [6.45, 7) is 0.710. The number of amides is 3. The lowest BCUT2D eigenvalue weighted by Gasteiger charge is -2.30. The van der Waals surface area contributed by atoms with Gasteiger partial charge in [-0.05, 0) is 38.5 Å². The Labute approximate surface area is 139 Å². The summed E-state index contributed by atoms with van der Waals surface area (Å²) in [5.74, 6) is 0.0631. The quantitative estimate of drug-likeness (QED) is 0.839. The Kier molecular flexibility index (Phi) is 5.79. The van der Waals surface area contributed by atoms with Gasteiger partial charge in [0.15, 0.2) is 0 Å². The van der Waals surface area contributed by atoms with E-state index in [0.29, 0.717) is 18.6 Å². The highest BCUT2D eigenvalue weighted by Gasteiger charge is 2.35. The highest BCUT2D eigenvalue weighted by atomic mass is 16.2. The van der Waals surface area contributed by atoms with E-state index in [1.807, 2.05) is 0 Å². The van der Waals surface area contributed by atoms with Gasteiger partial charge >= 0.3 is 6.03 Å². The zero-order chi connectivity index (χ0) is 16.1. The van der Waals surface area contributed by atoms with Crippen LogP contribution in [0.25, 0.3) is 0 Å². The Morgan fingerprint density at radius 3 is 1.87 bits per heavy atom. The largest absolute Gasteiger partial charge is 0.352 e. The molecular formula is C18H31N3O2. The second kappa shape index (κ2) is 8.02. The molecule has 1 saturated heterocycles. The predicted molar refractivity (Wildman–Crippen MR) is 90.1 cm³/mol. The van der Waals surface area contributed by atoms with Crippen molar-refractivity contribution in [2.24, 2.45) is 0 Å². The molecule has 5 nitrogen and oxygen atoms in total. The maximum Gasteiger partial charge on any atom is 0.318 e. The second-order valence-electron chi connectivity index (χ2n) is 7.48. The van der Waals surface area contributed by atoms with Crippen LogP contribution in [0.15, 0.2) is 0 Å². The SMILES string of the molecule is O=C(NC1CCCCC1)[C@@H]1CCCN1C(=O)NC1CCCCC1. The van der Waals surface area contributed by atoms with Gasteiger partial charge in [-0.15, -0.1) is 0 Å². The van der Waals surface area contributed by atoms with Gasteiger partial charge in [-0.25, -0.2) is 4.79 Å². The van der Waals surface area contributed by atoms with E-state index in [0.717, 1.165) is 38.5 Å². The first-order valence-electron chi connectivity index (χ1n) is 9.61. The molecule has 0 spiro atoms. The third-order valence-corrected chi connectivity index (χ3v) is 5.70. The normalized spacial score (nSPS) is 27.0. The molecule has 0 aromatic carbocycles. The zero-order valence-corrected chi connectivity index (χ0v) is 14.2. The van der Waals surface area contributed by atoms with Crippen LogP contribution in [-0.4, -0.2) is 41.5 Å². The number of rotatable bonds is 3. The Morgan fingerprint density at radius 2 is 1.26 bits per heavy atom. The maximum atomic E-state index is 12.6. The fourth-order valence-electron chi connectivity index (χ4n) is 4.33. The fraction of sp³-hybridized carbons (Fsp3) is 0.889. The highest BCUT2D eigenvalue weighted by Crippen LogP contribution is 2.22. The molecule has 3 rings (SSSR count). The summed E-state index contributed by atoms with van der Waals surface area (Å²) >= 11 is 0. The molecule has 23 heavy (non-hydrogen) atoms. The summed E-state index contributed by atoms with van der Waals surface area (Å²) in [6, 6.07) is 0.331. The van der Waals surface area contributed by atoms with Gasteiger partial charge in [-0.1, -0.05) is 38.5 Å². The summed E-state index contributed by atoms with van der Waals surface area (Å²) in [5.41, 5.74) is 0. The Morgan fingerprint density at radius 1 is 0.696 bits per heavy atom. The van der Waals surface area contributed by atoms with Gasteiger partial charge in [-0.3, -0.25) is 4.79 Å². The molecule has 3 fully saturated rings. The summed E-state index contributed by atoms with van der Waals surface area (Å²) < 4.78 is 0. The molecule has 0 bridgehead atoms. The minimum Gasteiger partial charge on any atom is -0.352 e. The summed E-state index contributed by atoms with van der Waals surface area (Å²) in [5, 5.41) is 6.34. The summed E-state index contributed by atoms with van der Waals surface area (Å²) in [4.78, 5) is 26.9. The number of carbonyl (C=O) groups excluding carboxylic acids is 2. The van der Waals surface area contributed by atoms with Crippen molar-refractivity contribution in [3.8, 4) is 0 Å². The second-order valence-corrected chi connectivity index (χ2v) is 7.48. The van der Waals surface area contributed by atoms with Crippen molar-refractivity contribution in [1.29, 1.82) is 0 Å². The zero-order valence-electron chi connectivity index (χ0n) is 14.2. The van der Waals surface area contributed by atoms with E-state index in [9.17, 15) is 9.59 Å². The fourth-order valence-corrected chi connectivity index (χ4v) is 4.33. The van der Waals surface area contributed by atoms with E-state index in [1.54, 1.807) is 4.90 Å². The Balaban J connectivity index is 1.51. The van der Waals surface area contributed by atoms with Crippen LogP contribution < -0.4 is 10.6 Å². The van der Waals surface area contributed by atoms with Crippen LogP contribution in [0.2, 0.25) is 0 Å². The summed E-state index contributed by atoms with van der Waals surface area (Å²) in [6.07, 6.45) is 13.5. The van der Waals surface area contributed by atoms with Crippen molar-refractivity contribution in [3.63, 3.8) is 0 Å². The average Bonchev–Trinajstić information content (AvgIpc) is 3.06. The Hall–Kier alpha value is -1.26. The van der Waals surface area contributed by atoms with Crippen molar-refractivity contribution in [3.05, 3.63) is 0 Å². The van der Waals surface area contributed by atoms with Gasteiger partial charge < -0.3 is 15.5 Å². The standard InChI is InChI=1S/C18H31N3O2/c22-17(19-14-8-3-1-4-9-14)16-12-7-13-21(16)18(23)20-15-10-5-2-6-11-15/h14-16H,1-13H2,(H,19,22)(H,20,23)/t16-/m0/s1. The number of carbonyl (C=O) groups is 2. The van der Waals surface area contributed by atoms with E-state index < -0.39 is 0 Å². The molecule has 0 aromatic heterocycles. The Bertz CT molecular complexity index is 376. The minimum absolute atomic E-state index is 0.0294. The molecule has 1 aliphatic heterocycles. The molecule has 2 saturated carbocycles. The van der Waals surface area contributed by atoms with E-state index in [4.69, 9.17) is 0 Å². The summed E-state index contributed by atoms with van der Waals surface area (Å²) in [7, 11) is 0. The van der Waals surface area contributed by atoms with Crippen molar-refractivity contribution >= 4 is 11.9 Å². The van der Waals surface area contributed by atoms with Crippen molar-refractivity contribution in [2.75, 3.05) is 6.54 Å². The smallest absolute Gasteiger partial charge is 0.318 e. The molecule has 0 unspecified atom stereocenters. The highest BCUT2D eigenvalue weighted by molar-refractivity contribution is 5.87. The number of urea groups is 1. The molecule has 0 aromatic rings. The molecular weight excluding hydrogens is 290 g/mol. The maximum absolute atomic E-state index is 12.6. The lowest BCUT2D eigenvalue weighted by Crippen LogP contribution is -2.53. The van der Waals surface area contributed by atoms with Crippen LogP contribution in [0.4, 0.5) is 4.79 Å². The third kappa shape index (κ3) is 4.39. The minimum atomic E-state index is -0.263. The first-order valence-corrected chi connectivity index (χ1v) is 9.61. The number of hydrogen-bond acceptors (Lipinski definition) is 2. The van der Waals surface area contributed by atoms with Crippen LogP contribution in [-0.2, 0) is 4.79 Å². The lowest BCUT2D eigenvalue weighted by atomic mass is 9.95. The van der Waals surface area contributed by atoms with Gasteiger partial charge in [0, 0.05) is 18.6 Å². The van der Waals surface area contributed by atoms with E-state index in [2.05, 4.69) is 10.6 Å². The van der Waals surface area contributed by atoms with Crippen LogP contribution in [0.5, 0.6) is 0 Å². The monoisotopic (exact) mass is 321 g/mol. The molecule has 1 heterocycles. The molecule has 2 N–H and O–H groups in total. The van der Waals surface area contributed by atoms with Gasteiger partial charge in [0.2, 0.25) is 5.91 Å². The van der Waals surface area contributed by atoms with Gasteiger partial charge in [0.25, 0.3) is 0 Å². The van der Waals surface area contributed by atoms with E-state index >= 15 is 0 Å².